The van der Waals surface area contributed by atoms with E-state index in [0.29, 0.717) is 11.5 Å². The van der Waals surface area contributed by atoms with Crippen LogP contribution in [0, 0.1) is 17.6 Å². The van der Waals surface area contributed by atoms with Crippen LogP contribution in [0.1, 0.15) is 24.9 Å². The number of benzene rings is 1. The summed E-state index contributed by atoms with van der Waals surface area (Å²) in [5, 5.41) is 3.17. The summed E-state index contributed by atoms with van der Waals surface area (Å²) in [5.41, 5.74) is 0.458. The van der Waals surface area contributed by atoms with E-state index in [4.69, 9.17) is 0 Å². The molecule has 0 aliphatic carbocycles. The molecule has 1 aliphatic rings. The molecular weight excluding hydrogens is 270 g/mol. The standard InChI is InChI=1S/C14H20F2N2.ClH/c1-10(13-7-12(15)3-4-14(13)16)18-6-5-11(9-18)8-17-2;/h3-4,7,10-11,17H,5-6,8-9H2,1-2H3;1H. The number of nitrogens with one attached hydrogen (secondary N) is 1. The lowest BCUT2D eigenvalue weighted by Gasteiger charge is -2.25. The molecule has 1 fully saturated rings. The van der Waals surface area contributed by atoms with Gasteiger partial charge in [0.1, 0.15) is 11.6 Å². The fourth-order valence-corrected chi connectivity index (χ4v) is 2.70. The molecule has 0 aromatic heterocycles. The minimum Gasteiger partial charge on any atom is -0.319 e. The van der Waals surface area contributed by atoms with Crippen LogP contribution in [-0.2, 0) is 0 Å². The fourth-order valence-electron chi connectivity index (χ4n) is 2.70. The Morgan fingerprint density at radius 2 is 2.16 bits per heavy atom. The van der Waals surface area contributed by atoms with Gasteiger partial charge >= 0.3 is 0 Å². The average Bonchev–Trinajstić information content (AvgIpc) is 2.80. The van der Waals surface area contributed by atoms with Crippen LogP contribution in [-0.4, -0.2) is 31.6 Å². The molecule has 1 N–H and O–H groups in total. The average molecular weight is 291 g/mol. The van der Waals surface area contributed by atoms with Crippen molar-refractivity contribution in [3.63, 3.8) is 0 Å². The van der Waals surface area contributed by atoms with E-state index in [9.17, 15) is 8.78 Å². The second-order valence-electron chi connectivity index (χ2n) is 5.05. The Labute approximate surface area is 119 Å². The van der Waals surface area contributed by atoms with Crippen LogP contribution in [0.15, 0.2) is 18.2 Å². The van der Waals surface area contributed by atoms with Gasteiger partial charge in [0.2, 0.25) is 0 Å². The first-order valence-corrected chi connectivity index (χ1v) is 6.45. The summed E-state index contributed by atoms with van der Waals surface area (Å²) >= 11 is 0. The summed E-state index contributed by atoms with van der Waals surface area (Å²) in [4.78, 5) is 2.22. The van der Waals surface area contributed by atoms with Crippen molar-refractivity contribution in [2.45, 2.75) is 19.4 Å². The number of hydrogen-bond donors (Lipinski definition) is 1. The van der Waals surface area contributed by atoms with Crippen molar-refractivity contribution in [1.29, 1.82) is 0 Å². The normalized spacial score (nSPS) is 21.2. The number of halogens is 3. The number of nitrogens with zero attached hydrogens (tertiary/aromatic N) is 1. The van der Waals surface area contributed by atoms with E-state index in [-0.39, 0.29) is 30.1 Å². The molecule has 1 aromatic rings. The van der Waals surface area contributed by atoms with Crippen molar-refractivity contribution in [1.82, 2.24) is 10.2 Å². The maximum absolute atomic E-state index is 13.7. The third-order valence-corrected chi connectivity index (χ3v) is 3.77. The lowest BCUT2D eigenvalue weighted by molar-refractivity contribution is 0.246. The highest BCUT2D eigenvalue weighted by atomic mass is 35.5. The van der Waals surface area contributed by atoms with E-state index in [1.807, 2.05) is 14.0 Å². The molecule has 2 unspecified atom stereocenters. The van der Waals surface area contributed by atoms with Gasteiger partial charge in [-0.25, -0.2) is 8.78 Å². The van der Waals surface area contributed by atoms with Crippen molar-refractivity contribution in [2.24, 2.45) is 5.92 Å². The van der Waals surface area contributed by atoms with Crippen molar-refractivity contribution < 1.29 is 8.78 Å². The van der Waals surface area contributed by atoms with Crippen LogP contribution in [0.4, 0.5) is 8.78 Å². The van der Waals surface area contributed by atoms with Crippen molar-refractivity contribution >= 4 is 12.4 Å². The van der Waals surface area contributed by atoms with Gasteiger partial charge in [-0.05, 0) is 57.6 Å². The summed E-state index contributed by atoms with van der Waals surface area (Å²) in [6.45, 7) is 4.82. The number of hydrogen-bond acceptors (Lipinski definition) is 2. The van der Waals surface area contributed by atoms with E-state index in [1.54, 1.807) is 0 Å². The summed E-state index contributed by atoms with van der Waals surface area (Å²) in [7, 11) is 1.94. The first kappa shape index (κ1) is 16.3. The quantitative estimate of drug-likeness (QED) is 0.917. The van der Waals surface area contributed by atoms with E-state index in [2.05, 4.69) is 10.2 Å². The van der Waals surface area contributed by atoms with Gasteiger partial charge in [0.25, 0.3) is 0 Å². The molecule has 1 aliphatic heterocycles. The van der Waals surface area contributed by atoms with Crippen LogP contribution in [0.25, 0.3) is 0 Å². The summed E-state index contributed by atoms with van der Waals surface area (Å²) in [5.74, 6) is -0.0840. The second kappa shape index (κ2) is 7.17. The summed E-state index contributed by atoms with van der Waals surface area (Å²) in [6.07, 6.45) is 1.11. The maximum atomic E-state index is 13.7. The van der Waals surface area contributed by atoms with Gasteiger partial charge in [-0.15, -0.1) is 12.4 Å². The largest absolute Gasteiger partial charge is 0.319 e. The van der Waals surface area contributed by atoms with Gasteiger partial charge in [-0.3, -0.25) is 4.90 Å². The first-order chi connectivity index (χ1) is 8.61. The van der Waals surface area contributed by atoms with Gasteiger partial charge in [0.05, 0.1) is 0 Å². The Hall–Kier alpha value is -0.710. The van der Waals surface area contributed by atoms with Crippen LogP contribution >= 0.6 is 12.4 Å². The fraction of sp³-hybridized carbons (Fsp3) is 0.571. The highest BCUT2D eigenvalue weighted by molar-refractivity contribution is 5.85. The Morgan fingerprint density at radius 1 is 1.42 bits per heavy atom. The Bertz CT molecular complexity index is 414. The van der Waals surface area contributed by atoms with Gasteiger partial charge < -0.3 is 5.32 Å². The molecule has 1 saturated heterocycles. The Kier molecular flexibility index (Phi) is 6.17. The molecule has 0 amide bonds. The molecule has 0 spiro atoms. The maximum Gasteiger partial charge on any atom is 0.128 e. The SMILES string of the molecule is CNCC1CCN(C(C)c2cc(F)ccc2F)C1.Cl. The topological polar surface area (TPSA) is 15.3 Å². The number of rotatable bonds is 4. The van der Waals surface area contributed by atoms with Gasteiger partial charge in [0.15, 0.2) is 0 Å². The Morgan fingerprint density at radius 3 is 2.84 bits per heavy atom. The molecule has 1 aromatic carbocycles. The third-order valence-electron chi connectivity index (χ3n) is 3.77. The van der Waals surface area contributed by atoms with Crippen LogP contribution in [0.5, 0.6) is 0 Å². The minimum absolute atomic E-state index is 0. The molecule has 19 heavy (non-hydrogen) atoms. The molecule has 0 bridgehead atoms. The van der Waals surface area contributed by atoms with Crippen molar-refractivity contribution in [3.8, 4) is 0 Å². The highest BCUT2D eigenvalue weighted by Crippen LogP contribution is 2.29. The summed E-state index contributed by atoms with van der Waals surface area (Å²) in [6, 6.07) is 3.62. The monoisotopic (exact) mass is 290 g/mol. The lowest BCUT2D eigenvalue weighted by atomic mass is 10.1. The van der Waals surface area contributed by atoms with Crippen molar-refractivity contribution in [3.05, 3.63) is 35.4 Å². The molecule has 2 atom stereocenters. The first-order valence-electron chi connectivity index (χ1n) is 6.45. The van der Waals surface area contributed by atoms with E-state index < -0.39 is 0 Å². The predicted molar refractivity (Wildman–Crippen MR) is 75.6 cm³/mol. The van der Waals surface area contributed by atoms with Crippen LogP contribution in [0.3, 0.4) is 0 Å². The van der Waals surface area contributed by atoms with Gasteiger partial charge in [-0.2, -0.15) is 0 Å². The zero-order valence-electron chi connectivity index (χ0n) is 11.3. The molecule has 0 radical (unpaired) electrons. The molecule has 2 nitrogen and oxygen atoms in total. The zero-order valence-corrected chi connectivity index (χ0v) is 12.1. The van der Waals surface area contributed by atoms with Crippen LogP contribution in [0.2, 0.25) is 0 Å². The van der Waals surface area contributed by atoms with Crippen molar-refractivity contribution in [2.75, 3.05) is 26.7 Å². The molecule has 1 heterocycles. The second-order valence-corrected chi connectivity index (χ2v) is 5.05. The molecular formula is C14H21ClF2N2. The van der Waals surface area contributed by atoms with Gasteiger partial charge in [-0.1, -0.05) is 0 Å². The number of likely N-dealkylation sites (tertiary alicyclic amines) is 1. The van der Waals surface area contributed by atoms with E-state index >= 15 is 0 Å². The minimum atomic E-state index is -0.371. The Balaban J connectivity index is 0.00000180. The third kappa shape index (κ3) is 3.88. The molecule has 0 saturated carbocycles. The molecule has 2 rings (SSSR count). The van der Waals surface area contributed by atoms with E-state index in [0.717, 1.165) is 26.1 Å². The lowest BCUT2D eigenvalue weighted by Crippen LogP contribution is -2.27. The zero-order chi connectivity index (χ0) is 13.1. The van der Waals surface area contributed by atoms with Crippen LogP contribution < -0.4 is 5.32 Å². The molecule has 5 heteroatoms. The van der Waals surface area contributed by atoms with Gasteiger partial charge in [0, 0.05) is 18.2 Å². The smallest absolute Gasteiger partial charge is 0.128 e. The van der Waals surface area contributed by atoms with E-state index in [1.165, 1.54) is 18.2 Å². The molecule has 108 valence electrons. The highest BCUT2D eigenvalue weighted by Gasteiger charge is 2.27. The predicted octanol–water partition coefficient (Wildman–Crippen LogP) is 2.99. The summed E-state index contributed by atoms with van der Waals surface area (Å²) < 4.78 is 26.9.